The van der Waals surface area contributed by atoms with Gasteiger partial charge < -0.3 is 14.1 Å². The summed E-state index contributed by atoms with van der Waals surface area (Å²) >= 11 is 3.18. The lowest BCUT2D eigenvalue weighted by molar-refractivity contribution is -0.145. The van der Waals surface area contributed by atoms with Gasteiger partial charge in [-0.15, -0.1) is 0 Å². The molecule has 5 nitrogen and oxygen atoms in total. The van der Waals surface area contributed by atoms with Crippen LogP contribution in [-0.2, 0) is 9.53 Å². The van der Waals surface area contributed by atoms with Crippen LogP contribution >= 0.6 is 15.9 Å². The predicted octanol–water partition coefficient (Wildman–Crippen LogP) is 3.09. The van der Waals surface area contributed by atoms with Gasteiger partial charge >= 0.3 is 5.97 Å². The molecule has 0 fully saturated rings. The van der Waals surface area contributed by atoms with Crippen molar-refractivity contribution in [2.75, 3.05) is 20.2 Å². The summed E-state index contributed by atoms with van der Waals surface area (Å²) in [7, 11) is 1.35. The van der Waals surface area contributed by atoms with Crippen molar-refractivity contribution in [1.82, 2.24) is 4.90 Å². The number of furan rings is 1. The molecular formula is C14H20BrNO4. The molecule has 1 atom stereocenters. The molecule has 112 valence electrons. The van der Waals surface area contributed by atoms with Crippen LogP contribution in [0.2, 0.25) is 0 Å². The average molecular weight is 346 g/mol. The van der Waals surface area contributed by atoms with Gasteiger partial charge in [-0.1, -0.05) is 20.3 Å². The van der Waals surface area contributed by atoms with Crippen LogP contribution < -0.4 is 0 Å². The average Bonchev–Trinajstić information content (AvgIpc) is 2.87. The van der Waals surface area contributed by atoms with Gasteiger partial charge in [0.2, 0.25) is 0 Å². The number of methoxy groups -OCH3 is 1. The predicted molar refractivity (Wildman–Crippen MR) is 78.4 cm³/mol. The van der Waals surface area contributed by atoms with Gasteiger partial charge in [0.25, 0.3) is 5.91 Å². The Morgan fingerprint density at radius 1 is 1.45 bits per heavy atom. The zero-order chi connectivity index (χ0) is 15.1. The smallest absolute Gasteiger partial charge is 0.310 e. The van der Waals surface area contributed by atoms with Crippen LogP contribution in [0.5, 0.6) is 0 Å². The maximum Gasteiger partial charge on any atom is 0.310 e. The molecule has 0 spiro atoms. The Kier molecular flexibility index (Phi) is 6.78. The summed E-state index contributed by atoms with van der Waals surface area (Å²) in [5.41, 5.74) is 0. The van der Waals surface area contributed by atoms with Crippen LogP contribution in [0.15, 0.2) is 21.2 Å². The Bertz CT molecular complexity index is 458. The fourth-order valence-electron chi connectivity index (χ4n) is 1.82. The molecule has 1 heterocycles. The van der Waals surface area contributed by atoms with E-state index in [9.17, 15) is 9.59 Å². The van der Waals surface area contributed by atoms with Crippen molar-refractivity contribution in [3.8, 4) is 0 Å². The molecule has 6 heteroatoms. The number of esters is 1. The molecular weight excluding hydrogens is 326 g/mol. The van der Waals surface area contributed by atoms with Crippen LogP contribution in [0, 0.1) is 5.92 Å². The van der Waals surface area contributed by atoms with Crippen molar-refractivity contribution in [2.45, 2.75) is 26.7 Å². The Morgan fingerprint density at radius 3 is 2.65 bits per heavy atom. The van der Waals surface area contributed by atoms with Gasteiger partial charge in [-0.2, -0.15) is 0 Å². The standard InChI is InChI=1S/C14H20BrNO4/c1-4-5-8-16(9-10(2)14(18)19-3)13(17)11-6-7-12(15)20-11/h6-7,10H,4-5,8-9H2,1-3H3. The minimum atomic E-state index is -0.362. The summed E-state index contributed by atoms with van der Waals surface area (Å²) in [5, 5.41) is 0. The number of nitrogens with zero attached hydrogens (tertiary/aromatic N) is 1. The summed E-state index contributed by atoms with van der Waals surface area (Å²) < 4.78 is 10.5. The Labute approximate surface area is 127 Å². The monoisotopic (exact) mass is 345 g/mol. The van der Waals surface area contributed by atoms with Crippen molar-refractivity contribution in [3.05, 3.63) is 22.6 Å². The van der Waals surface area contributed by atoms with Gasteiger partial charge in [0, 0.05) is 13.1 Å². The van der Waals surface area contributed by atoms with E-state index < -0.39 is 0 Å². The van der Waals surface area contributed by atoms with Crippen molar-refractivity contribution in [2.24, 2.45) is 5.92 Å². The zero-order valence-electron chi connectivity index (χ0n) is 12.0. The highest BCUT2D eigenvalue weighted by atomic mass is 79.9. The van der Waals surface area contributed by atoms with Gasteiger partial charge in [-0.05, 0) is 34.5 Å². The first-order chi connectivity index (χ1) is 9.49. The lowest BCUT2D eigenvalue weighted by atomic mass is 10.1. The molecule has 0 aliphatic heterocycles. The van der Waals surface area contributed by atoms with E-state index in [1.54, 1.807) is 24.0 Å². The molecule has 0 aliphatic carbocycles. The van der Waals surface area contributed by atoms with Crippen LogP contribution in [0.25, 0.3) is 0 Å². The van der Waals surface area contributed by atoms with E-state index in [1.165, 1.54) is 7.11 Å². The number of rotatable bonds is 7. The molecule has 1 aromatic heterocycles. The second kappa shape index (κ2) is 8.09. The van der Waals surface area contributed by atoms with Gasteiger partial charge in [0.1, 0.15) is 0 Å². The SMILES string of the molecule is CCCCN(CC(C)C(=O)OC)C(=O)c1ccc(Br)o1. The zero-order valence-corrected chi connectivity index (χ0v) is 13.6. The van der Waals surface area contributed by atoms with E-state index in [0.717, 1.165) is 12.8 Å². The number of carbonyl (C=O) groups excluding carboxylic acids is 2. The van der Waals surface area contributed by atoms with Crippen molar-refractivity contribution in [3.63, 3.8) is 0 Å². The molecule has 1 aromatic rings. The minimum absolute atomic E-state index is 0.208. The highest BCUT2D eigenvalue weighted by molar-refractivity contribution is 9.10. The third-order valence-electron chi connectivity index (χ3n) is 2.95. The molecule has 1 rings (SSSR count). The first-order valence-electron chi connectivity index (χ1n) is 6.62. The molecule has 0 bridgehead atoms. The second-order valence-corrected chi connectivity index (χ2v) is 5.41. The highest BCUT2D eigenvalue weighted by Crippen LogP contribution is 2.17. The Balaban J connectivity index is 2.77. The first-order valence-corrected chi connectivity index (χ1v) is 7.41. The lowest BCUT2D eigenvalue weighted by Crippen LogP contribution is -2.37. The third kappa shape index (κ3) is 4.67. The maximum absolute atomic E-state index is 12.4. The van der Waals surface area contributed by atoms with E-state index >= 15 is 0 Å². The summed E-state index contributed by atoms with van der Waals surface area (Å²) in [6, 6.07) is 3.29. The molecule has 0 saturated carbocycles. The maximum atomic E-state index is 12.4. The fraction of sp³-hybridized carbons (Fsp3) is 0.571. The minimum Gasteiger partial charge on any atom is -0.469 e. The molecule has 20 heavy (non-hydrogen) atoms. The molecule has 1 amide bonds. The van der Waals surface area contributed by atoms with Gasteiger partial charge in [-0.25, -0.2) is 0 Å². The molecule has 0 aromatic carbocycles. The molecule has 0 aliphatic rings. The van der Waals surface area contributed by atoms with E-state index in [4.69, 9.17) is 9.15 Å². The van der Waals surface area contributed by atoms with Crippen LogP contribution in [-0.4, -0.2) is 37.0 Å². The largest absolute Gasteiger partial charge is 0.469 e. The Morgan fingerprint density at radius 2 is 2.15 bits per heavy atom. The third-order valence-corrected chi connectivity index (χ3v) is 3.38. The van der Waals surface area contributed by atoms with Crippen LogP contribution in [0.1, 0.15) is 37.2 Å². The highest BCUT2D eigenvalue weighted by Gasteiger charge is 2.24. The quantitative estimate of drug-likeness (QED) is 0.712. The number of unbranched alkanes of at least 4 members (excludes halogenated alkanes) is 1. The number of carbonyl (C=O) groups is 2. The normalized spacial score (nSPS) is 12.0. The van der Waals surface area contributed by atoms with E-state index in [2.05, 4.69) is 22.9 Å². The van der Waals surface area contributed by atoms with Gasteiger partial charge in [-0.3, -0.25) is 9.59 Å². The summed E-state index contributed by atoms with van der Waals surface area (Å²) in [5.74, 6) is -0.621. The number of amides is 1. The topological polar surface area (TPSA) is 59.8 Å². The van der Waals surface area contributed by atoms with E-state index in [0.29, 0.717) is 17.8 Å². The molecule has 0 N–H and O–H groups in total. The van der Waals surface area contributed by atoms with Crippen molar-refractivity contribution in [1.29, 1.82) is 0 Å². The molecule has 0 radical (unpaired) electrons. The number of hydrogen-bond acceptors (Lipinski definition) is 4. The second-order valence-electron chi connectivity index (χ2n) is 4.63. The van der Waals surface area contributed by atoms with Crippen LogP contribution in [0.3, 0.4) is 0 Å². The van der Waals surface area contributed by atoms with Gasteiger partial charge in [0.05, 0.1) is 13.0 Å². The van der Waals surface area contributed by atoms with Crippen molar-refractivity contribution < 1.29 is 18.7 Å². The molecule has 0 saturated heterocycles. The first kappa shape index (κ1) is 16.8. The summed E-state index contributed by atoms with van der Waals surface area (Å²) in [6.07, 6.45) is 1.85. The van der Waals surface area contributed by atoms with E-state index in [-0.39, 0.29) is 23.6 Å². The molecule has 1 unspecified atom stereocenters. The number of halogens is 1. The fourth-order valence-corrected chi connectivity index (χ4v) is 2.12. The summed E-state index contributed by atoms with van der Waals surface area (Å²) in [4.78, 5) is 25.5. The van der Waals surface area contributed by atoms with Crippen molar-refractivity contribution >= 4 is 27.8 Å². The summed E-state index contributed by atoms with van der Waals surface area (Å²) in [6.45, 7) is 4.71. The van der Waals surface area contributed by atoms with Crippen LogP contribution in [0.4, 0.5) is 0 Å². The lowest BCUT2D eigenvalue weighted by Gasteiger charge is -2.24. The number of hydrogen-bond donors (Lipinski definition) is 0. The Hall–Kier alpha value is -1.30. The van der Waals surface area contributed by atoms with Gasteiger partial charge in [0.15, 0.2) is 10.4 Å². The number of ether oxygens (including phenoxy) is 1. The van der Waals surface area contributed by atoms with E-state index in [1.807, 2.05) is 0 Å².